The molecule has 0 unspecified atom stereocenters. The van der Waals surface area contributed by atoms with E-state index in [0.29, 0.717) is 17.4 Å². The van der Waals surface area contributed by atoms with Gasteiger partial charge < -0.3 is 11.1 Å². The lowest BCUT2D eigenvalue weighted by atomic mass is 9.90. The number of nitrogens with zero attached hydrogens (tertiary/aromatic N) is 2. The minimum atomic E-state index is 0.422. The fourth-order valence-corrected chi connectivity index (χ4v) is 3.49. The molecule has 2 aromatic rings. The van der Waals surface area contributed by atoms with E-state index in [2.05, 4.69) is 34.6 Å². The van der Waals surface area contributed by atoms with Gasteiger partial charge in [-0.3, -0.25) is 0 Å². The van der Waals surface area contributed by atoms with Crippen molar-refractivity contribution in [2.75, 3.05) is 5.32 Å². The second-order valence-corrected chi connectivity index (χ2v) is 6.52. The van der Waals surface area contributed by atoms with Gasteiger partial charge in [-0.15, -0.1) is 11.3 Å². The maximum Gasteiger partial charge on any atom is 0.193 e. The smallest absolute Gasteiger partial charge is 0.193 e. The van der Waals surface area contributed by atoms with Crippen LogP contribution in [0.15, 0.2) is 35.3 Å². The molecule has 0 spiro atoms. The van der Waals surface area contributed by atoms with Crippen molar-refractivity contribution in [2.45, 2.75) is 32.2 Å². The molecule has 0 amide bonds. The predicted molar refractivity (Wildman–Crippen MR) is 91.1 cm³/mol. The van der Waals surface area contributed by atoms with E-state index in [1.165, 1.54) is 35.3 Å². The zero-order chi connectivity index (χ0) is 15.4. The van der Waals surface area contributed by atoms with Crippen LogP contribution in [-0.4, -0.2) is 5.96 Å². The summed E-state index contributed by atoms with van der Waals surface area (Å²) in [6.07, 6.45) is 4.74. The van der Waals surface area contributed by atoms with Crippen molar-refractivity contribution in [3.8, 4) is 6.07 Å². The molecule has 0 fully saturated rings. The van der Waals surface area contributed by atoms with Gasteiger partial charge in [0.1, 0.15) is 10.9 Å². The topological polar surface area (TPSA) is 74.2 Å². The molecule has 1 aromatic carbocycles. The Morgan fingerprint density at radius 1 is 1.27 bits per heavy atom. The van der Waals surface area contributed by atoms with Crippen molar-refractivity contribution < 1.29 is 0 Å². The fourth-order valence-electron chi connectivity index (χ4n) is 2.76. The molecule has 1 aromatic heterocycles. The van der Waals surface area contributed by atoms with Gasteiger partial charge in [0.05, 0.1) is 6.54 Å². The van der Waals surface area contributed by atoms with E-state index < -0.39 is 0 Å². The number of aliphatic imine (C=N–C) groups is 1. The van der Waals surface area contributed by atoms with Gasteiger partial charge >= 0.3 is 0 Å². The number of hydrogen-bond donors (Lipinski definition) is 2. The Hall–Kier alpha value is -2.32. The molecular formula is C17H18N4S. The molecule has 1 aliphatic rings. The summed E-state index contributed by atoms with van der Waals surface area (Å²) in [6.45, 7) is 0.500. The highest BCUT2D eigenvalue weighted by molar-refractivity contribution is 7.12. The van der Waals surface area contributed by atoms with Gasteiger partial charge in [0.25, 0.3) is 0 Å². The van der Waals surface area contributed by atoms with Gasteiger partial charge in [-0.05, 0) is 55.0 Å². The highest BCUT2D eigenvalue weighted by atomic mass is 32.1. The van der Waals surface area contributed by atoms with Gasteiger partial charge in [-0.25, -0.2) is 4.99 Å². The van der Waals surface area contributed by atoms with E-state index in [0.717, 1.165) is 23.4 Å². The van der Waals surface area contributed by atoms with E-state index in [1.54, 1.807) is 0 Å². The van der Waals surface area contributed by atoms with Gasteiger partial charge in [0.15, 0.2) is 5.96 Å². The van der Waals surface area contributed by atoms with Crippen molar-refractivity contribution in [1.29, 1.82) is 5.26 Å². The first-order valence-electron chi connectivity index (χ1n) is 7.43. The average molecular weight is 310 g/mol. The second kappa shape index (κ2) is 6.63. The Kier molecular flexibility index (Phi) is 4.40. The lowest BCUT2D eigenvalue weighted by Gasteiger charge is -2.19. The Morgan fingerprint density at radius 3 is 2.95 bits per heavy atom. The molecule has 4 nitrogen and oxygen atoms in total. The summed E-state index contributed by atoms with van der Waals surface area (Å²) in [5, 5.41) is 12.1. The molecule has 3 rings (SSSR count). The van der Waals surface area contributed by atoms with Crippen LogP contribution in [0, 0.1) is 11.3 Å². The van der Waals surface area contributed by atoms with Gasteiger partial charge in [0.2, 0.25) is 0 Å². The number of benzene rings is 1. The van der Waals surface area contributed by atoms with Crippen LogP contribution in [0.3, 0.4) is 0 Å². The van der Waals surface area contributed by atoms with Crippen LogP contribution in [-0.2, 0) is 19.4 Å². The maximum absolute atomic E-state index is 8.82. The largest absolute Gasteiger partial charge is 0.370 e. The van der Waals surface area contributed by atoms with E-state index in [9.17, 15) is 0 Å². The number of nitrogens with two attached hydrogens (primary N) is 1. The zero-order valence-electron chi connectivity index (χ0n) is 12.3. The Bertz CT molecular complexity index is 739. The third kappa shape index (κ3) is 3.29. The predicted octanol–water partition coefficient (Wildman–Crippen LogP) is 3.43. The first-order chi connectivity index (χ1) is 10.8. The first-order valence-corrected chi connectivity index (χ1v) is 8.24. The van der Waals surface area contributed by atoms with Crippen LogP contribution >= 0.6 is 11.3 Å². The Morgan fingerprint density at radius 2 is 2.14 bits per heavy atom. The Labute approximate surface area is 134 Å². The van der Waals surface area contributed by atoms with Crippen LogP contribution in [0.2, 0.25) is 0 Å². The number of fused-ring (bicyclic) bond motifs is 1. The molecule has 0 atom stereocenters. The lowest BCUT2D eigenvalue weighted by Crippen LogP contribution is -2.24. The minimum absolute atomic E-state index is 0.422. The third-order valence-electron chi connectivity index (χ3n) is 3.84. The number of thiophene rings is 1. The molecule has 0 saturated heterocycles. The minimum Gasteiger partial charge on any atom is -0.370 e. The van der Waals surface area contributed by atoms with Crippen LogP contribution in [0.25, 0.3) is 0 Å². The van der Waals surface area contributed by atoms with Crippen LogP contribution in [0.5, 0.6) is 0 Å². The lowest BCUT2D eigenvalue weighted by molar-refractivity contribution is 0.687. The van der Waals surface area contributed by atoms with Crippen LogP contribution < -0.4 is 11.1 Å². The molecule has 3 N–H and O–H groups in total. The number of nitrogens with one attached hydrogen (secondary N) is 1. The number of hydrogen-bond acceptors (Lipinski definition) is 3. The summed E-state index contributed by atoms with van der Waals surface area (Å²) in [4.78, 5) is 6.11. The average Bonchev–Trinajstić information content (AvgIpc) is 3.01. The molecule has 0 saturated carbocycles. The number of guanidine groups is 1. The molecule has 1 aliphatic carbocycles. The standard InChI is InChI=1S/C17H18N4S/c18-10-13-8-9-14(22-13)11-20-17(19)21-16-7-3-5-12-4-1-2-6-15(12)16/h3,5,7-9H,1-2,4,6,11H2,(H3,19,20,21). The number of anilines is 1. The molecular weight excluding hydrogens is 292 g/mol. The third-order valence-corrected chi connectivity index (χ3v) is 4.81. The summed E-state index contributed by atoms with van der Waals surface area (Å²) < 4.78 is 0. The maximum atomic E-state index is 8.82. The molecule has 1 heterocycles. The second-order valence-electron chi connectivity index (χ2n) is 5.35. The molecule has 0 radical (unpaired) electrons. The highest BCUT2D eigenvalue weighted by Crippen LogP contribution is 2.27. The van der Waals surface area contributed by atoms with E-state index >= 15 is 0 Å². The fraction of sp³-hybridized carbons (Fsp3) is 0.294. The molecule has 22 heavy (non-hydrogen) atoms. The molecule has 0 bridgehead atoms. The van der Waals surface area contributed by atoms with Crippen molar-refractivity contribution >= 4 is 23.0 Å². The van der Waals surface area contributed by atoms with E-state index in [1.807, 2.05) is 12.1 Å². The summed E-state index contributed by atoms with van der Waals surface area (Å²) in [7, 11) is 0. The van der Waals surface area contributed by atoms with Gasteiger partial charge in [-0.1, -0.05) is 12.1 Å². The monoisotopic (exact) mass is 310 g/mol. The van der Waals surface area contributed by atoms with Crippen LogP contribution in [0.4, 0.5) is 5.69 Å². The van der Waals surface area contributed by atoms with Crippen molar-refractivity contribution in [3.63, 3.8) is 0 Å². The molecule has 5 heteroatoms. The normalized spacial score (nSPS) is 14.2. The summed E-state index contributed by atoms with van der Waals surface area (Å²) in [6, 6.07) is 12.2. The SMILES string of the molecule is N#Cc1ccc(CN=C(N)Nc2cccc3c2CCCC3)s1. The number of rotatable bonds is 3. The van der Waals surface area contributed by atoms with Crippen molar-refractivity contribution in [1.82, 2.24) is 0 Å². The highest BCUT2D eigenvalue weighted by Gasteiger charge is 2.13. The zero-order valence-corrected chi connectivity index (χ0v) is 13.1. The number of aryl methyl sites for hydroxylation is 1. The van der Waals surface area contributed by atoms with Crippen LogP contribution in [0.1, 0.15) is 33.7 Å². The van der Waals surface area contributed by atoms with Gasteiger partial charge in [-0.2, -0.15) is 5.26 Å². The van der Waals surface area contributed by atoms with Gasteiger partial charge in [0, 0.05) is 10.6 Å². The quantitative estimate of drug-likeness (QED) is 0.674. The summed E-state index contributed by atoms with van der Waals surface area (Å²) in [5.74, 6) is 0.422. The first kappa shape index (κ1) is 14.6. The van der Waals surface area contributed by atoms with E-state index in [4.69, 9.17) is 11.0 Å². The summed E-state index contributed by atoms with van der Waals surface area (Å²) in [5.41, 5.74) is 9.86. The van der Waals surface area contributed by atoms with Crippen molar-refractivity contribution in [3.05, 3.63) is 51.2 Å². The molecule has 112 valence electrons. The summed E-state index contributed by atoms with van der Waals surface area (Å²) >= 11 is 1.45. The molecule has 0 aliphatic heterocycles. The number of nitriles is 1. The van der Waals surface area contributed by atoms with E-state index in [-0.39, 0.29) is 0 Å². The Balaban J connectivity index is 1.70. The van der Waals surface area contributed by atoms with Crippen molar-refractivity contribution in [2.24, 2.45) is 10.7 Å².